The first-order valence-electron chi connectivity index (χ1n) is 9.57. The van der Waals surface area contributed by atoms with Crippen LogP contribution in [0.3, 0.4) is 0 Å². The van der Waals surface area contributed by atoms with Crippen molar-refractivity contribution in [3.63, 3.8) is 0 Å². The van der Waals surface area contributed by atoms with Gasteiger partial charge in [0.05, 0.1) is 18.3 Å². The molecule has 0 aromatic carbocycles. The van der Waals surface area contributed by atoms with Crippen LogP contribution in [0.4, 0.5) is 0 Å². The first kappa shape index (κ1) is 18.5. The molecule has 1 unspecified atom stereocenters. The fourth-order valence-corrected chi connectivity index (χ4v) is 3.52. The Labute approximate surface area is 150 Å². The van der Waals surface area contributed by atoms with Gasteiger partial charge in [0, 0.05) is 57.4 Å². The second kappa shape index (κ2) is 7.98. The van der Waals surface area contributed by atoms with Crippen molar-refractivity contribution in [3.8, 4) is 0 Å². The molecule has 2 fully saturated rings. The van der Waals surface area contributed by atoms with Crippen molar-refractivity contribution < 1.29 is 4.74 Å². The van der Waals surface area contributed by atoms with Crippen LogP contribution in [0, 0.1) is 0 Å². The molecule has 0 bridgehead atoms. The van der Waals surface area contributed by atoms with E-state index in [1.807, 2.05) is 6.07 Å². The van der Waals surface area contributed by atoms with E-state index >= 15 is 0 Å². The fourth-order valence-electron chi connectivity index (χ4n) is 3.52. The Hall–Kier alpha value is -1.24. The molecule has 2 aliphatic heterocycles. The average Bonchev–Trinajstić information content (AvgIpc) is 3.07. The van der Waals surface area contributed by atoms with Gasteiger partial charge in [0.15, 0.2) is 0 Å². The third kappa shape index (κ3) is 5.12. The molecule has 0 N–H and O–H groups in total. The van der Waals surface area contributed by atoms with Gasteiger partial charge in [-0.3, -0.25) is 14.6 Å². The van der Waals surface area contributed by atoms with Crippen LogP contribution in [0.15, 0.2) is 16.9 Å². The lowest BCUT2D eigenvalue weighted by atomic mass is 9.92. The normalized spacial score (nSPS) is 23.2. The number of aromatic nitrogens is 2. The zero-order chi connectivity index (χ0) is 17.9. The van der Waals surface area contributed by atoms with Gasteiger partial charge in [-0.2, -0.15) is 5.10 Å². The summed E-state index contributed by atoms with van der Waals surface area (Å²) >= 11 is 0. The Morgan fingerprint density at radius 3 is 2.48 bits per heavy atom. The van der Waals surface area contributed by atoms with Crippen LogP contribution in [0.1, 0.15) is 39.3 Å². The molecule has 25 heavy (non-hydrogen) atoms. The van der Waals surface area contributed by atoms with Crippen LogP contribution in [0.25, 0.3) is 0 Å². The minimum atomic E-state index is -0.0383. The second-order valence-corrected chi connectivity index (χ2v) is 8.31. The standard InChI is InChI=1S/C19H32N4O2/c1-19(2,3)17-6-7-18(24)23(20-17)13-12-21-8-10-22(11-9-21)15-16-5-4-14-25-16/h6-7,16H,4-5,8-15H2,1-3H3. The summed E-state index contributed by atoms with van der Waals surface area (Å²) in [5, 5.41) is 4.56. The van der Waals surface area contributed by atoms with E-state index in [1.165, 1.54) is 12.8 Å². The van der Waals surface area contributed by atoms with Crippen molar-refractivity contribution in [1.82, 2.24) is 19.6 Å². The van der Waals surface area contributed by atoms with Crippen molar-refractivity contribution >= 4 is 0 Å². The number of nitrogens with zero attached hydrogens (tertiary/aromatic N) is 4. The van der Waals surface area contributed by atoms with Crippen molar-refractivity contribution in [2.24, 2.45) is 0 Å². The van der Waals surface area contributed by atoms with Gasteiger partial charge in [0.1, 0.15) is 0 Å². The second-order valence-electron chi connectivity index (χ2n) is 8.31. The van der Waals surface area contributed by atoms with Gasteiger partial charge in [0.25, 0.3) is 5.56 Å². The number of piperazine rings is 1. The van der Waals surface area contributed by atoms with Crippen LogP contribution in [-0.2, 0) is 16.7 Å². The first-order valence-corrected chi connectivity index (χ1v) is 9.57. The van der Waals surface area contributed by atoms with Crippen LogP contribution in [0.5, 0.6) is 0 Å². The van der Waals surface area contributed by atoms with E-state index in [4.69, 9.17) is 4.74 Å². The molecule has 0 amide bonds. The van der Waals surface area contributed by atoms with Gasteiger partial charge in [0.2, 0.25) is 0 Å². The van der Waals surface area contributed by atoms with Crippen LogP contribution < -0.4 is 5.56 Å². The number of hydrogen-bond donors (Lipinski definition) is 0. The molecule has 1 atom stereocenters. The molecular formula is C19H32N4O2. The van der Waals surface area contributed by atoms with Gasteiger partial charge in [-0.05, 0) is 18.9 Å². The Morgan fingerprint density at radius 2 is 1.84 bits per heavy atom. The smallest absolute Gasteiger partial charge is 0.266 e. The van der Waals surface area contributed by atoms with Crippen LogP contribution in [-0.4, -0.2) is 71.6 Å². The molecular weight excluding hydrogens is 316 g/mol. The molecule has 3 rings (SSSR count). The number of ether oxygens (including phenoxy) is 1. The summed E-state index contributed by atoms with van der Waals surface area (Å²) in [7, 11) is 0. The van der Waals surface area contributed by atoms with E-state index in [0.717, 1.165) is 51.6 Å². The highest BCUT2D eigenvalue weighted by Crippen LogP contribution is 2.18. The third-order valence-corrected chi connectivity index (χ3v) is 5.21. The minimum Gasteiger partial charge on any atom is -0.377 e. The van der Waals surface area contributed by atoms with Gasteiger partial charge in [-0.1, -0.05) is 20.8 Å². The van der Waals surface area contributed by atoms with E-state index in [-0.39, 0.29) is 11.0 Å². The molecule has 0 radical (unpaired) electrons. The van der Waals surface area contributed by atoms with Crippen LogP contribution >= 0.6 is 0 Å². The lowest BCUT2D eigenvalue weighted by Crippen LogP contribution is -2.49. The molecule has 2 aliphatic rings. The maximum absolute atomic E-state index is 12.1. The quantitative estimate of drug-likeness (QED) is 0.804. The summed E-state index contributed by atoms with van der Waals surface area (Å²) in [6.07, 6.45) is 2.85. The van der Waals surface area contributed by atoms with Crippen molar-refractivity contribution in [3.05, 3.63) is 28.2 Å². The Balaban J connectivity index is 1.47. The zero-order valence-electron chi connectivity index (χ0n) is 15.9. The van der Waals surface area contributed by atoms with Crippen molar-refractivity contribution in [1.29, 1.82) is 0 Å². The van der Waals surface area contributed by atoms with Gasteiger partial charge in [-0.25, -0.2) is 4.68 Å². The highest BCUT2D eigenvalue weighted by molar-refractivity contribution is 5.10. The van der Waals surface area contributed by atoms with Crippen molar-refractivity contribution in [2.45, 2.75) is 51.7 Å². The zero-order valence-corrected chi connectivity index (χ0v) is 15.9. The molecule has 6 heteroatoms. The predicted octanol–water partition coefficient (Wildman–Crippen LogP) is 1.34. The Morgan fingerprint density at radius 1 is 1.12 bits per heavy atom. The monoisotopic (exact) mass is 348 g/mol. The number of rotatable bonds is 5. The van der Waals surface area contributed by atoms with Crippen LogP contribution in [0.2, 0.25) is 0 Å². The molecule has 140 valence electrons. The largest absolute Gasteiger partial charge is 0.377 e. The average molecular weight is 348 g/mol. The molecule has 0 spiro atoms. The summed E-state index contributed by atoms with van der Waals surface area (Å²) in [6.45, 7) is 14.2. The summed E-state index contributed by atoms with van der Waals surface area (Å²) in [5.74, 6) is 0. The van der Waals surface area contributed by atoms with Gasteiger partial charge in [-0.15, -0.1) is 0 Å². The summed E-state index contributed by atoms with van der Waals surface area (Å²) in [4.78, 5) is 17.0. The third-order valence-electron chi connectivity index (χ3n) is 5.21. The highest BCUT2D eigenvalue weighted by Gasteiger charge is 2.23. The summed E-state index contributed by atoms with van der Waals surface area (Å²) < 4.78 is 7.36. The fraction of sp³-hybridized carbons (Fsp3) is 0.789. The SMILES string of the molecule is CC(C)(C)c1ccc(=O)n(CCN2CCN(CC3CCCO3)CC2)n1. The van der Waals surface area contributed by atoms with E-state index in [1.54, 1.807) is 10.7 Å². The maximum atomic E-state index is 12.1. The minimum absolute atomic E-state index is 0.00924. The molecule has 6 nitrogen and oxygen atoms in total. The Bertz CT molecular complexity index is 609. The molecule has 0 aliphatic carbocycles. The lowest BCUT2D eigenvalue weighted by Gasteiger charge is -2.35. The molecule has 2 saturated heterocycles. The Kier molecular flexibility index (Phi) is 5.92. The van der Waals surface area contributed by atoms with Crippen molar-refractivity contribution in [2.75, 3.05) is 45.9 Å². The topological polar surface area (TPSA) is 50.6 Å². The summed E-state index contributed by atoms with van der Waals surface area (Å²) in [6, 6.07) is 3.50. The van der Waals surface area contributed by atoms with Gasteiger partial charge < -0.3 is 4.74 Å². The van der Waals surface area contributed by atoms with E-state index in [0.29, 0.717) is 12.6 Å². The number of hydrogen-bond acceptors (Lipinski definition) is 5. The lowest BCUT2D eigenvalue weighted by molar-refractivity contribution is 0.0495. The van der Waals surface area contributed by atoms with E-state index in [9.17, 15) is 4.79 Å². The predicted molar refractivity (Wildman–Crippen MR) is 99.1 cm³/mol. The van der Waals surface area contributed by atoms with Gasteiger partial charge >= 0.3 is 0 Å². The summed E-state index contributed by atoms with van der Waals surface area (Å²) in [5.41, 5.74) is 0.919. The first-order chi connectivity index (χ1) is 11.9. The van der Waals surface area contributed by atoms with E-state index in [2.05, 4.69) is 35.7 Å². The molecule has 3 heterocycles. The van der Waals surface area contributed by atoms with E-state index < -0.39 is 0 Å². The molecule has 1 aromatic heterocycles. The molecule has 1 aromatic rings. The maximum Gasteiger partial charge on any atom is 0.266 e. The highest BCUT2D eigenvalue weighted by atomic mass is 16.5. The molecule has 0 saturated carbocycles.